The fourth-order valence-electron chi connectivity index (χ4n) is 2.39. The molecule has 0 spiro atoms. The topological polar surface area (TPSA) is 108 Å². The van der Waals surface area contributed by atoms with Crippen molar-refractivity contribution < 1.29 is 24.2 Å². The van der Waals surface area contributed by atoms with E-state index in [9.17, 15) is 14.4 Å². The van der Waals surface area contributed by atoms with Gasteiger partial charge in [-0.1, -0.05) is 12.1 Å². The molecule has 1 saturated heterocycles. The Balaban J connectivity index is 1.89. The van der Waals surface area contributed by atoms with Gasteiger partial charge >= 0.3 is 6.03 Å². The molecular formula is C16H21N3O5. The molecule has 0 radical (unpaired) electrons. The van der Waals surface area contributed by atoms with Crippen LogP contribution < -0.4 is 15.4 Å². The number of nitrogens with one attached hydrogen (secondary N) is 2. The summed E-state index contributed by atoms with van der Waals surface area (Å²) in [4.78, 5) is 36.9. The van der Waals surface area contributed by atoms with Crippen LogP contribution in [0.25, 0.3) is 0 Å². The lowest BCUT2D eigenvalue weighted by atomic mass is 10.1. The molecular weight excluding hydrogens is 314 g/mol. The molecule has 1 aliphatic heterocycles. The maximum Gasteiger partial charge on any atom is 0.325 e. The Morgan fingerprint density at radius 2 is 2.04 bits per heavy atom. The van der Waals surface area contributed by atoms with Gasteiger partial charge in [-0.05, 0) is 24.1 Å². The zero-order valence-electron chi connectivity index (χ0n) is 13.4. The molecule has 4 amide bonds. The van der Waals surface area contributed by atoms with Crippen molar-refractivity contribution in [3.8, 4) is 5.75 Å². The molecule has 0 aromatic heterocycles. The number of hydrogen-bond acceptors (Lipinski definition) is 5. The van der Waals surface area contributed by atoms with Gasteiger partial charge in [0, 0.05) is 13.0 Å². The average Bonchev–Trinajstić information content (AvgIpc) is 2.86. The highest BCUT2D eigenvalue weighted by Crippen LogP contribution is 2.17. The lowest BCUT2D eigenvalue weighted by molar-refractivity contribution is -0.128. The van der Waals surface area contributed by atoms with E-state index >= 15 is 0 Å². The molecule has 1 heterocycles. The molecule has 8 heteroatoms. The lowest BCUT2D eigenvalue weighted by Gasteiger charge is -2.13. The van der Waals surface area contributed by atoms with Gasteiger partial charge in [-0.3, -0.25) is 14.5 Å². The Hall–Kier alpha value is -2.61. The molecule has 1 fully saturated rings. The number of nitrogens with zero attached hydrogens (tertiary/aromatic N) is 1. The SMILES string of the molecule is COc1ccc(CN2C(=O)NC(CCC(=O)NCCO)C2=O)cc1. The predicted octanol–water partition coefficient (Wildman–Crippen LogP) is 0.00430. The first-order chi connectivity index (χ1) is 11.5. The van der Waals surface area contributed by atoms with Gasteiger partial charge in [-0.25, -0.2) is 4.79 Å². The number of ether oxygens (including phenoxy) is 1. The normalized spacial score (nSPS) is 16.9. The Bertz CT molecular complexity index is 602. The average molecular weight is 335 g/mol. The van der Waals surface area contributed by atoms with Crippen LogP contribution in [0.15, 0.2) is 24.3 Å². The van der Waals surface area contributed by atoms with Gasteiger partial charge in [0.05, 0.1) is 20.3 Å². The van der Waals surface area contributed by atoms with Gasteiger partial charge < -0.3 is 20.5 Å². The van der Waals surface area contributed by atoms with Gasteiger partial charge in [-0.2, -0.15) is 0 Å². The first-order valence-corrected chi connectivity index (χ1v) is 7.67. The molecule has 1 aromatic rings. The van der Waals surface area contributed by atoms with Gasteiger partial charge in [0.15, 0.2) is 0 Å². The smallest absolute Gasteiger partial charge is 0.325 e. The third-order valence-electron chi connectivity index (χ3n) is 3.70. The first-order valence-electron chi connectivity index (χ1n) is 7.67. The first kappa shape index (κ1) is 17.7. The summed E-state index contributed by atoms with van der Waals surface area (Å²) in [6.45, 7) is 0.204. The van der Waals surface area contributed by atoms with E-state index in [4.69, 9.17) is 9.84 Å². The Morgan fingerprint density at radius 1 is 1.33 bits per heavy atom. The fraction of sp³-hybridized carbons (Fsp3) is 0.438. The van der Waals surface area contributed by atoms with Crippen molar-refractivity contribution in [1.29, 1.82) is 0 Å². The van der Waals surface area contributed by atoms with E-state index in [0.717, 1.165) is 10.5 Å². The van der Waals surface area contributed by atoms with Crippen molar-refractivity contribution in [2.24, 2.45) is 0 Å². The molecule has 8 nitrogen and oxygen atoms in total. The molecule has 130 valence electrons. The molecule has 1 atom stereocenters. The molecule has 1 aliphatic rings. The number of amides is 4. The number of methoxy groups -OCH3 is 1. The number of aliphatic hydroxyl groups excluding tert-OH is 1. The summed E-state index contributed by atoms with van der Waals surface area (Å²) < 4.78 is 5.07. The van der Waals surface area contributed by atoms with Crippen LogP contribution >= 0.6 is 0 Å². The number of carbonyl (C=O) groups excluding carboxylic acids is 3. The summed E-state index contributed by atoms with van der Waals surface area (Å²) in [6, 6.07) is 5.93. The molecule has 3 N–H and O–H groups in total. The van der Waals surface area contributed by atoms with Gasteiger partial charge in [0.1, 0.15) is 11.8 Å². The molecule has 2 rings (SSSR count). The Morgan fingerprint density at radius 3 is 2.67 bits per heavy atom. The van der Waals surface area contributed by atoms with E-state index in [1.807, 2.05) is 0 Å². The summed E-state index contributed by atoms with van der Waals surface area (Å²) in [5.74, 6) is 0.0909. The van der Waals surface area contributed by atoms with Crippen molar-refractivity contribution >= 4 is 17.8 Å². The minimum absolute atomic E-state index is 0.104. The number of aliphatic hydroxyl groups is 1. The monoisotopic (exact) mass is 335 g/mol. The zero-order chi connectivity index (χ0) is 17.5. The van der Waals surface area contributed by atoms with Crippen LogP contribution in [0.5, 0.6) is 5.75 Å². The second-order valence-electron chi connectivity index (χ2n) is 5.39. The second-order valence-corrected chi connectivity index (χ2v) is 5.39. The van der Waals surface area contributed by atoms with Crippen molar-refractivity contribution in [2.45, 2.75) is 25.4 Å². The Labute approximate surface area is 139 Å². The van der Waals surface area contributed by atoms with Crippen molar-refractivity contribution in [3.63, 3.8) is 0 Å². The van der Waals surface area contributed by atoms with E-state index in [2.05, 4.69) is 10.6 Å². The van der Waals surface area contributed by atoms with Crippen LogP contribution in [0.1, 0.15) is 18.4 Å². The van der Waals surface area contributed by atoms with Crippen LogP contribution in [0.3, 0.4) is 0 Å². The van der Waals surface area contributed by atoms with E-state index in [-0.39, 0.29) is 44.4 Å². The largest absolute Gasteiger partial charge is 0.497 e. The standard InChI is InChI=1S/C16H21N3O5/c1-24-12-4-2-11(3-5-12)10-19-15(22)13(18-16(19)23)6-7-14(21)17-8-9-20/h2-5,13,20H,6-10H2,1H3,(H,17,21)(H,18,23). The number of carbonyl (C=O) groups is 3. The number of rotatable bonds is 8. The molecule has 0 bridgehead atoms. The third kappa shape index (κ3) is 4.45. The number of urea groups is 1. The van der Waals surface area contributed by atoms with Crippen LogP contribution in [0.4, 0.5) is 4.79 Å². The van der Waals surface area contributed by atoms with Crippen molar-refractivity contribution in [1.82, 2.24) is 15.5 Å². The summed E-state index contributed by atoms with van der Waals surface area (Å²) in [6.07, 6.45) is 0.327. The summed E-state index contributed by atoms with van der Waals surface area (Å²) in [5.41, 5.74) is 0.806. The van der Waals surface area contributed by atoms with Crippen LogP contribution in [-0.4, -0.2) is 54.2 Å². The van der Waals surface area contributed by atoms with Crippen molar-refractivity contribution in [2.75, 3.05) is 20.3 Å². The summed E-state index contributed by atoms with van der Waals surface area (Å²) in [7, 11) is 1.56. The maximum atomic E-state index is 12.3. The van der Waals surface area contributed by atoms with Crippen LogP contribution in [-0.2, 0) is 16.1 Å². The highest BCUT2D eigenvalue weighted by atomic mass is 16.5. The third-order valence-corrected chi connectivity index (χ3v) is 3.70. The predicted molar refractivity (Wildman–Crippen MR) is 85.2 cm³/mol. The molecule has 0 saturated carbocycles. The summed E-state index contributed by atoms with van der Waals surface area (Å²) in [5, 5.41) is 13.7. The lowest BCUT2D eigenvalue weighted by Crippen LogP contribution is -2.33. The molecule has 24 heavy (non-hydrogen) atoms. The number of hydrogen-bond donors (Lipinski definition) is 3. The summed E-state index contributed by atoms with van der Waals surface area (Å²) >= 11 is 0. The number of imide groups is 1. The highest BCUT2D eigenvalue weighted by molar-refractivity contribution is 6.04. The van der Waals surface area contributed by atoms with Crippen molar-refractivity contribution in [3.05, 3.63) is 29.8 Å². The zero-order valence-corrected chi connectivity index (χ0v) is 13.4. The molecule has 1 unspecified atom stereocenters. The fourth-order valence-corrected chi connectivity index (χ4v) is 2.39. The van der Waals surface area contributed by atoms with E-state index in [0.29, 0.717) is 5.75 Å². The second kappa shape index (κ2) is 8.30. The van der Waals surface area contributed by atoms with E-state index in [1.165, 1.54) is 0 Å². The number of benzene rings is 1. The van der Waals surface area contributed by atoms with Crippen LogP contribution in [0, 0.1) is 0 Å². The Kier molecular flexibility index (Phi) is 6.14. The quantitative estimate of drug-likeness (QED) is 0.580. The van der Waals surface area contributed by atoms with E-state index < -0.39 is 12.1 Å². The maximum absolute atomic E-state index is 12.3. The van der Waals surface area contributed by atoms with E-state index in [1.54, 1.807) is 31.4 Å². The molecule has 0 aliphatic carbocycles. The molecule has 1 aromatic carbocycles. The van der Waals surface area contributed by atoms with Gasteiger partial charge in [0.25, 0.3) is 5.91 Å². The van der Waals surface area contributed by atoms with Gasteiger partial charge in [0.2, 0.25) is 5.91 Å². The van der Waals surface area contributed by atoms with Gasteiger partial charge in [-0.15, -0.1) is 0 Å². The minimum atomic E-state index is -0.698. The minimum Gasteiger partial charge on any atom is -0.497 e. The highest BCUT2D eigenvalue weighted by Gasteiger charge is 2.37. The van der Waals surface area contributed by atoms with Crippen LogP contribution in [0.2, 0.25) is 0 Å².